The van der Waals surface area contributed by atoms with E-state index in [0.717, 1.165) is 20.5 Å². The molecule has 1 aliphatic heterocycles. The van der Waals surface area contributed by atoms with Crippen LogP contribution in [0.4, 0.5) is 10.5 Å². The van der Waals surface area contributed by atoms with Crippen LogP contribution in [0.1, 0.15) is 11.1 Å². The van der Waals surface area contributed by atoms with Gasteiger partial charge in [-0.05, 0) is 75.6 Å². The van der Waals surface area contributed by atoms with E-state index >= 15 is 0 Å². The second kappa shape index (κ2) is 9.14. The Balaban J connectivity index is 1.49. The van der Waals surface area contributed by atoms with E-state index in [0.29, 0.717) is 28.1 Å². The van der Waals surface area contributed by atoms with Crippen LogP contribution in [-0.4, -0.2) is 11.9 Å². The van der Waals surface area contributed by atoms with Gasteiger partial charge in [0.05, 0.1) is 10.2 Å². The van der Waals surface area contributed by atoms with E-state index < -0.39 is 11.9 Å². The summed E-state index contributed by atoms with van der Waals surface area (Å²) in [5.74, 6) is 0.200. The number of hydrogen-bond donors (Lipinski definition) is 1. The number of benzene rings is 3. The minimum absolute atomic E-state index is 0.173. The van der Waals surface area contributed by atoms with Gasteiger partial charge >= 0.3 is 6.03 Å². The highest BCUT2D eigenvalue weighted by Gasteiger charge is 2.34. The fourth-order valence-corrected chi connectivity index (χ4v) is 3.84. The van der Waals surface area contributed by atoms with E-state index in [1.54, 1.807) is 42.5 Å². The molecule has 1 saturated heterocycles. The summed E-state index contributed by atoms with van der Waals surface area (Å²) in [6.07, 6.45) is 1.61. The number of nitrogens with one attached hydrogen (secondary N) is 1. The third-order valence-corrected chi connectivity index (χ3v) is 5.63. The summed E-state index contributed by atoms with van der Waals surface area (Å²) in [5.41, 5.74) is 2.29. The van der Waals surface area contributed by atoms with Crippen LogP contribution in [0.2, 0.25) is 10.0 Å². The monoisotopic (exact) mass is 516 g/mol. The van der Waals surface area contributed by atoms with E-state index in [2.05, 4.69) is 21.2 Å². The molecule has 3 amide bonds. The summed E-state index contributed by atoms with van der Waals surface area (Å²) in [6, 6.07) is 18.9. The molecule has 0 saturated carbocycles. The molecule has 3 aromatic carbocycles. The predicted molar refractivity (Wildman–Crippen MR) is 125 cm³/mol. The van der Waals surface area contributed by atoms with Crippen LogP contribution >= 0.6 is 39.1 Å². The van der Waals surface area contributed by atoms with Crippen LogP contribution in [0.25, 0.3) is 6.08 Å². The Hall–Kier alpha value is -2.80. The Morgan fingerprint density at radius 3 is 2.45 bits per heavy atom. The van der Waals surface area contributed by atoms with Crippen molar-refractivity contribution in [2.45, 2.75) is 6.61 Å². The van der Waals surface area contributed by atoms with Gasteiger partial charge in [0.1, 0.15) is 18.1 Å². The SMILES string of the molecule is O=C1N/C(=C/c2ccc(OCc3ccc(Cl)cc3)c(Br)c2)C(=O)N1c1cccc(Cl)c1. The lowest BCUT2D eigenvalue weighted by atomic mass is 10.1. The lowest BCUT2D eigenvalue weighted by molar-refractivity contribution is -0.113. The fourth-order valence-electron chi connectivity index (χ4n) is 3.02. The van der Waals surface area contributed by atoms with Crippen molar-refractivity contribution < 1.29 is 14.3 Å². The number of anilines is 1. The Morgan fingerprint density at radius 1 is 0.968 bits per heavy atom. The fraction of sp³-hybridized carbons (Fsp3) is 0.0435. The van der Waals surface area contributed by atoms with Gasteiger partial charge in [-0.1, -0.05) is 47.5 Å². The third kappa shape index (κ3) is 4.93. The van der Waals surface area contributed by atoms with Crippen molar-refractivity contribution in [1.82, 2.24) is 5.32 Å². The van der Waals surface area contributed by atoms with Gasteiger partial charge in [-0.25, -0.2) is 9.69 Å². The maximum Gasteiger partial charge on any atom is 0.333 e. The van der Waals surface area contributed by atoms with Crippen LogP contribution in [0.3, 0.4) is 0 Å². The predicted octanol–water partition coefficient (Wildman–Crippen LogP) is 6.43. The second-order valence-electron chi connectivity index (χ2n) is 6.71. The lowest BCUT2D eigenvalue weighted by Crippen LogP contribution is -2.30. The first-order valence-corrected chi connectivity index (χ1v) is 10.7. The molecule has 1 fully saturated rings. The van der Waals surface area contributed by atoms with E-state index in [1.807, 2.05) is 30.3 Å². The Morgan fingerprint density at radius 2 is 1.74 bits per heavy atom. The standard InChI is InChI=1S/C23H15BrCl2N2O3/c24-19-10-15(6-9-21(19)31-13-14-4-7-16(25)8-5-14)11-20-22(29)28(23(30)27-20)18-3-1-2-17(26)12-18/h1-12H,13H2,(H,27,30)/b20-11+. The average molecular weight is 518 g/mol. The van der Waals surface area contributed by atoms with Crippen molar-refractivity contribution in [3.63, 3.8) is 0 Å². The highest BCUT2D eigenvalue weighted by molar-refractivity contribution is 9.10. The first-order valence-electron chi connectivity index (χ1n) is 9.20. The largest absolute Gasteiger partial charge is 0.488 e. The zero-order valence-electron chi connectivity index (χ0n) is 15.9. The molecule has 0 atom stereocenters. The van der Waals surface area contributed by atoms with Crippen molar-refractivity contribution >= 4 is 62.8 Å². The van der Waals surface area contributed by atoms with Gasteiger partial charge < -0.3 is 10.1 Å². The van der Waals surface area contributed by atoms with Crippen LogP contribution in [0.5, 0.6) is 5.75 Å². The zero-order chi connectivity index (χ0) is 22.0. The Labute approximate surface area is 197 Å². The number of carbonyl (C=O) groups excluding carboxylic acids is 2. The molecule has 0 aromatic heterocycles. The molecule has 4 rings (SSSR count). The number of amides is 3. The molecule has 0 unspecified atom stereocenters. The molecule has 1 heterocycles. The molecule has 0 spiro atoms. The van der Waals surface area contributed by atoms with Gasteiger partial charge in [-0.2, -0.15) is 0 Å². The maximum atomic E-state index is 12.8. The normalized spacial score (nSPS) is 14.8. The quantitative estimate of drug-likeness (QED) is 0.313. The van der Waals surface area contributed by atoms with Gasteiger partial charge in [0.15, 0.2) is 0 Å². The summed E-state index contributed by atoms with van der Waals surface area (Å²) in [6.45, 7) is 0.388. The number of hydrogen-bond acceptors (Lipinski definition) is 3. The lowest BCUT2D eigenvalue weighted by Gasteiger charge is -2.11. The molecule has 0 radical (unpaired) electrons. The van der Waals surface area contributed by atoms with Gasteiger partial charge in [0.25, 0.3) is 5.91 Å². The number of urea groups is 1. The molecule has 8 heteroatoms. The summed E-state index contributed by atoms with van der Waals surface area (Å²) < 4.78 is 6.57. The highest BCUT2D eigenvalue weighted by atomic mass is 79.9. The van der Waals surface area contributed by atoms with E-state index in [1.165, 1.54) is 0 Å². The van der Waals surface area contributed by atoms with Crippen molar-refractivity contribution in [3.05, 3.63) is 98.1 Å². The van der Waals surface area contributed by atoms with Crippen molar-refractivity contribution in [1.29, 1.82) is 0 Å². The van der Waals surface area contributed by atoms with Crippen LogP contribution in [0, 0.1) is 0 Å². The summed E-state index contributed by atoms with van der Waals surface area (Å²) in [7, 11) is 0. The number of ether oxygens (including phenoxy) is 1. The Kier molecular flexibility index (Phi) is 6.32. The van der Waals surface area contributed by atoms with Crippen LogP contribution < -0.4 is 15.0 Å². The second-order valence-corrected chi connectivity index (χ2v) is 8.44. The zero-order valence-corrected chi connectivity index (χ0v) is 19.0. The van der Waals surface area contributed by atoms with Crippen LogP contribution in [-0.2, 0) is 11.4 Å². The topological polar surface area (TPSA) is 58.6 Å². The smallest absolute Gasteiger partial charge is 0.333 e. The average Bonchev–Trinajstić information content (AvgIpc) is 3.01. The molecular weight excluding hydrogens is 503 g/mol. The molecule has 31 heavy (non-hydrogen) atoms. The summed E-state index contributed by atoms with van der Waals surface area (Å²) in [5, 5.41) is 3.71. The van der Waals surface area contributed by atoms with Gasteiger partial charge in [0.2, 0.25) is 0 Å². The molecule has 5 nitrogen and oxygen atoms in total. The number of carbonyl (C=O) groups is 2. The van der Waals surface area contributed by atoms with Gasteiger partial charge in [-0.15, -0.1) is 0 Å². The maximum absolute atomic E-state index is 12.8. The van der Waals surface area contributed by atoms with Crippen molar-refractivity contribution in [2.24, 2.45) is 0 Å². The number of nitrogens with zero attached hydrogens (tertiary/aromatic N) is 1. The molecule has 1 aliphatic rings. The number of imide groups is 1. The van der Waals surface area contributed by atoms with Crippen molar-refractivity contribution in [3.8, 4) is 5.75 Å². The highest BCUT2D eigenvalue weighted by Crippen LogP contribution is 2.29. The molecule has 3 aromatic rings. The first-order chi connectivity index (χ1) is 14.9. The van der Waals surface area contributed by atoms with E-state index in [4.69, 9.17) is 27.9 Å². The molecule has 1 N–H and O–H groups in total. The minimum Gasteiger partial charge on any atom is -0.488 e. The summed E-state index contributed by atoms with van der Waals surface area (Å²) in [4.78, 5) is 26.1. The summed E-state index contributed by atoms with van der Waals surface area (Å²) >= 11 is 15.4. The number of rotatable bonds is 5. The molecule has 0 bridgehead atoms. The van der Waals surface area contributed by atoms with Gasteiger partial charge in [0, 0.05) is 10.0 Å². The Bertz CT molecular complexity index is 1200. The van der Waals surface area contributed by atoms with Gasteiger partial charge in [-0.3, -0.25) is 4.79 Å². The molecule has 156 valence electrons. The molecule has 0 aliphatic carbocycles. The minimum atomic E-state index is -0.527. The van der Waals surface area contributed by atoms with Crippen LogP contribution in [0.15, 0.2) is 76.9 Å². The third-order valence-electron chi connectivity index (χ3n) is 4.52. The van der Waals surface area contributed by atoms with Crippen molar-refractivity contribution in [2.75, 3.05) is 4.90 Å². The molecular formula is C23H15BrCl2N2O3. The number of halogens is 3. The van der Waals surface area contributed by atoms with E-state index in [-0.39, 0.29) is 5.70 Å². The first kappa shape index (κ1) is 21.4. The van der Waals surface area contributed by atoms with E-state index in [9.17, 15) is 9.59 Å².